The topological polar surface area (TPSA) is 15.3 Å². The summed E-state index contributed by atoms with van der Waals surface area (Å²) in [6.07, 6.45) is 2.60. The molecule has 1 aromatic carbocycles. The molecule has 1 saturated heterocycles. The molecule has 1 N–H and O–H groups in total. The maximum Gasteiger partial charge on any atom is 0.0548 e. The Morgan fingerprint density at radius 1 is 1.39 bits per heavy atom. The normalized spacial score (nSPS) is 18.2. The Hall–Kier alpha value is -0.0900. The third-order valence-electron chi connectivity index (χ3n) is 3.59. The summed E-state index contributed by atoms with van der Waals surface area (Å²) in [6.45, 7) is 4.58. The van der Waals surface area contributed by atoms with Gasteiger partial charge in [0.05, 0.1) is 5.02 Å². The standard InChI is InChI=1S/C14H20BrClN2/c1-17-9-11-4-6-18(7-5-11)10-12-2-3-14(16)13(15)8-12/h2-3,8,11,17H,4-7,9-10H2,1H3. The highest BCUT2D eigenvalue weighted by Gasteiger charge is 2.18. The van der Waals surface area contributed by atoms with Crippen LogP contribution < -0.4 is 5.32 Å². The van der Waals surface area contributed by atoms with Crippen molar-refractivity contribution >= 4 is 27.5 Å². The molecule has 4 heteroatoms. The lowest BCUT2D eigenvalue weighted by Crippen LogP contribution is -2.36. The minimum Gasteiger partial charge on any atom is -0.319 e. The fourth-order valence-electron chi connectivity index (χ4n) is 2.53. The number of hydrogen-bond acceptors (Lipinski definition) is 2. The van der Waals surface area contributed by atoms with Crippen molar-refractivity contribution in [2.75, 3.05) is 26.7 Å². The van der Waals surface area contributed by atoms with E-state index in [9.17, 15) is 0 Å². The van der Waals surface area contributed by atoms with Crippen LogP contribution in [0, 0.1) is 5.92 Å². The van der Waals surface area contributed by atoms with Gasteiger partial charge in [0.1, 0.15) is 0 Å². The average Bonchev–Trinajstić information content (AvgIpc) is 2.37. The van der Waals surface area contributed by atoms with E-state index in [-0.39, 0.29) is 0 Å². The van der Waals surface area contributed by atoms with Crippen molar-refractivity contribution in [1.82, 2.24) is 10.2 Å². The lowest BCUT2D eigenvalue weighted by atomic mass is 9.96. The molecule has 0 unspecified atom stereocenters. The van der Waals surface area contributed by atoms with E-state index in [1.54, 1.807) is 0 Å². The number of nitrogens with zero attached hydrogens (tertiary/aromatic N) is 1. The number of likely N-dealkylation sites (tertiary alicyclic amines) is 1. The van der Waals surface area contributed by atoms with Gasteiger partial charge in [0.25, 0.3) is 0 Å². The van der Waals surface area contributed by atoms with Crippen molar-refractivity contribution in [1.29, 1.82) is 0 Å². The van der Waals surface area contributed by atoms with E-state index in [1.807, 2.05) is 13.1 Å². The molecule has 0 atom stereocenters. The first-order valence-electron chi connectivity index (χ1n) is 6.50. The van der Waals surface area contributed by atoms with Crippen LogP contribution in [0.3, 0.4) is 0 Å². The van der Waals surface area contributed by atoms with Gasteiger partial charge in [-0.25, -0.2) is 0 Å². The van der Waals surface area contributed by atoms with E-state index in [0.717, 1.165) is 28.5 Å². The van der Waals surface area contributed by atoms with Crippen molar-refractivity contribution < 1.29 is 0 Å². The Balaban J connectivity index is 1.85. The first kappa shape index (κ1) is 14.3. The largest absolute Gasteiger partial charge is 0.319 e. The summed E-state index contributed by atoms with van der Waals surface area (Å²) in [5, 5.41) is 4.06. The first-order chi connectivity index (χ1) is 8.69. The van der Waals surface area contributed by atoms with Crippen LogP contribution in [0.5, 0.6) is 0 Å². The fraction of sp³-hybridized carbons (Fsp3) is 0.571. The molecule has 0 spiro atoms. The maximum absolute atomic E-state index is 6.01. The van der Waals surface area contributed by atoms with Gasteiger partial charge in [-0.05, 0) is 79.1 Å². The van der Waals surface area contributed by atoms with Gasteiger partial charge in [-0.15, -0.1) is 0 Å². The third-order valence-corrected chi connectivity index (χ3v) is 4.80. The van der Waals surface area contributed by atoms with Gasteiger partial charge in [0.15, 0.2) is 0 Å². The molecule has 18 heavy (non-hydrogen) atoms. The number of piperidine rings is 1. The van der Waals surface area contributed by atoms with Crippen LogP contribution in [0.25, 0.3) is 0 Å². The van der Waals surface area contributed by atoms with Crippen molar-refractivity contribution in [3.8, 4) is 0 Å². The predicted octanol–water partition coefficient (Wildman–Crippen LogP) is 3.53. The molecule has 100 valence electrons. The third kappa shape index (κ3) is 3.95. The molecular weight excluding hydrogens is 312 g/mol. The van der Waals surface area contributed by atoms with Crippen LogP contribution in [0.2, 0.25) is 5.02 Å². The Morgan fingerprint density at radius 2 is 2.11 bits per heavy atom. The Morgan fingerprint density at radius 3 is 2.72 bits per heavy atom. The zero-order chi connectivity index (χ0) is 13.0. The maximum atomic E-state index is 6.01. The van der Waals surface area contributed by atoms with Gasteiger partial charge < -0.3 is 5.32 Å². The average molecular weight is 332 g/mol. The number of nitrogens with one attached hydrogen (secondary N) is 1. The van der Waals surface area contributed by atoms with Gasteiger partial charge in [0.2, 0.25) is 0 Å². The monoisotopic (exact) mass is 330 g/mol. The second-order valence-corrected chi connectivity index (χ2v) is 6.29. The highest BCUT2D eigenvalue weighted by molar-refractivity contribution is 9.10. The number of benzene rings is 1. The van der Waals surface area contributed by atoms with Crippen molar-refractivity contribution in [2.45, 2.75) is 19.4 Å². The van der Waals surface area contributed by atoms with E-state index < -0.39 is 0 Å². The van der Waals surface area contributed by atoms with Gasteiger partial charge in [0, 0.05) is 11.0 Å². The fourth-order valence-corrected chi connectivity index (χ4v) is 3.08. The summed E-state index contributed by atoms with van der Waals surface area (Å²) in [4.78, 5) is 2.53. The number of rotatable bonds is 4. The molecule has 0 radical (unpaired) electrons. The molecule has 2 nitrogen and oxygen atoms in total. The number of halogens is 2. The molecule has 2 rings (SSSR count). The van der Waals surface area contributed by atoms with Crippen LogP contribution in [-0.2, 0) is 6.54 Å². The molecule has 1 heterocycles. The lowest BCUT2D eigenvalue weighted by molar-refractivity contribution is 0.177. The molecule has 1 aliphatic heterocycles. The Kier molecular flexibility index (Phi) is 5.49. The Labute approximate surface area is 123 Å². The van der Waals surface area contributed by atoms with Crippen LogP contribution in [0.1, 0.15) is 18.4 Å². The van der Waals surface area contributed by atoms with E-state index in [1.165, 1.54) is 31.5 Å². The smallest absolute Gasteiger partial charge is 0.0548 e. The zero-order valence-corrected chi connectivity index (χ0v) is 13.1. The second-order valence-electron chi connectivity index (χ2n) is 5.03. The number of hydrogen-bond donors (Lipinski definition) is 1. The molecule has 1 aromatic rings. The molecular formula is C14H20BrClN2. The lowest BCUT2D eigenvalue weighted by Gasteiger charge is -2.31. The molecule has 0 saturated carbocycles. The summed E-state index contributed by atoms with van der Waals surface area (Å²) >= 11 is 9.49. The van der Waals surface area contributed by atoms with Crippen LogP contribution in [-0.4, -0.2) is 31.6 Å². The molecule has 0 bridgehead atoms. The summed E-state index contributed by atoms with van der Waals surface area (Å²) in [6, 6.07) is 6.21. The summed E-state index contributed by atoms with van der Waals surface area (Å²) in [5.41, 5.74) is 1.33. The highest BCUT2D eigenvalue weighted by Crippen LogP contribution is 2.25. The minimum atomic E-state index is 0.784. The molecule has 0 amide bonds. The minimum absolute atomic E-state index is 0.784. The second kappa shape index (κ2) is 6.90. The SMILES string of the molecule is CNCC1CCN(Cc2ccc(Cl)c(Br)c2)CC1. The van der Waals surface area contributed by atoms with E-state index in [2.05, 4.69) is 38.3 Å². The molecule has 0 aliphatic carbocycles. The first-order valence-corrected chi connectivity index (χ1v) is 7.67. The van der Waals surface area contributed by atoms with Crippen LogP contribution in [0.4, 0.5) is 0 Å². The van der Waals surface area contributed by atoms with Gasteiger partial charge >= 0.3 is 0 Å². The van der Waals surface area contributed by atoms with E-state index >= 15 is 0 Å². The predicted molar refractivity (Wildman–Crippen MR) is 81.1 cm³/mol. The summed E-state index contributed by atoms with van der Waals surface area (Å²) in [7, 11) is 2.04. The van der Waals surface area contributed by atoms with Gasteiger partial charge in [-0.2, -0.15) is 0 Å². The van der Waals surface area contributed by atoms with Crippen molar-refractivity contribution in [3.05, 3.63) is 33.3 Å². The van der Waals surface area contributed by atoms with Gasteiger partial charge in [-0.3, -0.25) is 4.90 Å². The van der Waals surface area contributed by atoms with Crippen LogP contribution >= 0.6 is 27.5 Å². The van der Waals surface area contributed by atoms with Crippen molar-refractivity contribution in [3.63, 3.8) is 0 Å². The highest BCUT2D eigenvalue weighted by atomic mass is 79.9. The summed E-state index contributed by atoms with van der Waals surface area (Å²) in [5.74, 6) is 0.850. The molecule has 1 fully saturated rings. The van der Waals surface area contributed by atoms with Crippen molar-refractivity contribution in [2.24, 2.45) is 5.92 Å². The Bertz CT molecular complexity index is 389. The van der Waals surface area contributed by atoms with E-state index in [0.29, 0.717) is 0 Å². The van der Waals surface area contributed by atoms with Crippen LogP contribution in [0.15, 0.2) is 22.7 Å². The zero-order valence-electron chi connectivity index (χ0n) is 10.8. The molecule has 0 aromatic heterocycles. The van der Waals surface area contributed by atoms with Gasteiger partial charge in [-0.1, -0.05) is 17.7 Å². The molecule has 1 aliphatic rings. The summed E-state index contributed by atoms with van der Waals surface area (Å²) < 4.78 is 0.992. The van der Waals surface area contributed by atoms with E-state index in [4.69, 9.17) is 11.6 Å². The quantitative estimate of drug-likeness (QED) is 0.908.